The zero-order valence-corrected chi connectivity index (χ0v) is 18.4. The number of aromatic nitrogens is 2. The quantitative estimate of drug-likeness (QED) is 0.783. The zero-order chi connectivity index (χ0) is 21.2. The molecule has 1 aliphatic heterocycles. The van der Waals surface area contributed by atoms with Crippen LogP contribution in [0.15, 0.2) is 12.4 Å². The average Bonchev–Trinajstić information content (AvgIpc) is 3.13. The van der Waals surface area contributed by atoms with E-state index in [0.717, 1.165) is 30.2 Å². The Morgan fingerprint density at radius 2 is 2.07 bits per heavy atom. The van der Waals surface area contributed by atoms with E-state index >= 15 is 4.39 Å². The molecule has 0 spiro atoms. The molecule has 2 aliphatic carbocycles. The number of pyridine rings is 1. The van der Waals surface area contributed by atoms with Crippen LogP contribution >= 0.6 is 0 Å². The summed E-state index contributed by atoms with van der Waals surface area (Å²) >= 11 is 0. The molecule has 5 rings (SSSR count). The van der Waals surface area contributed by atoms with Gasteiger partial charge in [0, 0.05) is 30.1 Å². The normalized spacial score (nSPS) is 30.7. The topological polar surface area (TPSA) is 58.2 Å². The van der Waals surface area contributed by atoms with Crippen molar-refractivity contribution in [3.63, 3.8) is 0 Å². The summed E-state index contributed by atoms with van der Waals surface area (Å²) in [4.78, 5) is 23.2. The van der Waals surface area contributed by atoms with Crippen molar-refractivity contribution in [1.82, 2.24) is 14.9 Å². The van der Waals surface area contributed by atoms with E-state index in [1.54, 1.807) is 6.20 Å². The molecule has 1 amide bonds. The van der Waals surface area contributed by atoms with Crippen molar-refractivity contribution in [2.24, 2.45) is 17.8 Å². The first-order valence-electron chi connectivity index (χ1n) is 11.3. The first-order chi connectivity index (χ1) is 14.3. The van der Waals surface area contributed by atoms with Gasteiger partial charge in [0.2, 0.25) is 5.91 Å². The number of carbonyl (C=O) groups excluding carboxylic acids is 1. The number of hydrogen-bond donors (Lipinski definition) is 1. The molecule has 3 heterocycles. The van der Waals surface area contributed by atoms with Crippen LogP contribution in [0.25, 0.3) is 11.0 Å². The van der Waals surface area contributed by atoms with E-state index in [1.807, 2.05) is 13.8 Å². The van der Waals surface area contributed by atoms with Gasteiger partial charge < -0.3 is 14.6 Å². The standard InChI is InChI=1S/C24H32FN3O2/c1-13-7-16-9-14-8-15(5-6-17(13)14)28(16)20(29)10-24(2,3)18-11-26-23-21(18)22(25)19(30-4)12-27-23/h11-17H,5-10H2,1-4H3,(H,26,27). The molecular weight excluding hydrogens is 381 g/mol. The first kappa shape index (κ1) is 19.8. The Morgan fingerprint density at radius 1 is 1.30 bits per heavy atom. The van der Waals surface area contributed by atoms with Crippen molar-refractivity contribution in [3.8, 4) is 5.75 Å². The number of nitrogens with one attached hydrogen (secondary N) is 1. The smallest absolute Gasteiger partial charge is 0.223 e. The highest BCUT2D eigenvalue weighted by molar-refractivity contribution is 5.85. The van der Waals surface area contributed by atoms with E-state index in [9.17, 15) is 4.79 Å². The van der Waals surface area contributed by atoms with Gasteiger partial charge in [0.1, 0.15) is 5.65 Å². The number of hydrogen-bond acceptors (Lipinski definition) is 3. The van der Waals surface area contributed by atoms with Gasteiger partial charge in [-0.2, -0.15) is 0 Å². The number of ether oxygens (including phenoxy) is 1. The van der Waals surface area contributed by atoms with Gasteiger partial charge in [0.05, 0.1) is 18.7 Å². The molecule has 2 saturated carbocycles. The predicted molar refractivity (Wildman–Crippen MR) is 114 cm³/mol. The fraction of sp³-hybridized carbons (Fsp3) is 0.667. The number of rotatable bonds is 4. The van der Waals surface area contributed by atoms with Crippen LogP contribution < -0.4 is 4.74 Å². The predicted octanol–water partition coefficient (Wildman–Crippen LogP) is 4.80. The Bertz CT molecular complexity index is 980. The molecule has 3 fully saturated rings. The Kier molecular flexibility index (Phi) is 4.60. The van der Waals surface area contributed by atoms with Crippen molar-refractivity contribution in [2.75, 3.05) is 7.11 Å². The number of halogens is 1. The molecule has 5 atom stereocenters. The number of piperidine rings is 1. The van der Waals surface area contributed by atoms with Gasteiger partial charge in [0.15, 0.2) is 11.6 Å². The molecular formula is C24H32FN3O2. The lowest BCUT2D eigenvalue weighted by Gasteiger charge is -2.57. The summed E-state index contributed by atoms with van der Waals surface area (Å²) in [6, 6.07) is 0.771. The average molecular weight is 414 g/mol. The number of carbonyl (C=O) groups is 1. The number of nitrogens with zero attached hydrogens (tertiary/aromatic N) is 2. The second-order valence-corrected chi connectivity index (χ2v) is 10.4. The molecule has 5 nitrogen and oxygen atoms in total. The number of methoxy groups -OCH3 is 1. The third-order valence-corrected chi connectivity index (χ3v) is 8.19. The maximum Gasteiger partial charge on any atom is 0.223 e. The molecule has 2 aromatic heterocycles. The van der Waals surface area contributed by atoms with E-state index in [0.29, 0.717) is 35.5 Å². The number of aromatic amines is 1. The van der Waals surface area contributed by atoms with Crippen molar-refractivity contribution >= 4 is 16.9 Å². The summed E-state index contributed by atoms with van der Waals surface area (Å²) in [6.45, 7) is 6.43. The number of H-pyrrole nitrogens is 1. The summed E-state index contributed by atoms with van der Waals surface area (Å²) in [5.74, 6) is 2.30. The van der Waals surface area contributed by atoms with Crippen LogP contribution in [0.3, 0.4) is 0 Å². The SMILES string of the molecule is COc1cnc2[nH]cc(C(C)(C)CC(=O)N3C4CCC5C(C)CC3CC5C4)c2c1F. The molecule has 30 heavy (non-hydrogen) atoms. The molecule has 162 valence electrons. The van der Waals surface area contributed by atoms with Crippen LogP contribution in [-0.2, 0) is 10.2 Å². The molecule has 2 aromatic rings. The maximum atomic E-state index is 15.0. The second kappa shape index (κ2) is 6.96. The van der Waals surface area contributed by atoms with Crippen LogP contribution in [-0.4, -0.2) is 40.0 Å². The molecule has 0 radical (unpaired) electrons. The Labute approximate surface area is 177 Å². The minimum Gasteiger partial charge on any atom is -0.492 e. The minimum absolute atomic E-state index is 0.125. The van der Waals surface area contributed by atoms with Crippen molar-refractivity contribution in [1.29, 1.82) is 0 Å². The van der Waals surface area contributed by atoms with Gasteiger partial charge in [-0.3, -0.25) is 4.79 Å². The van der Waals surface area contributed by atoms with E-state index in [1.165, 1.54) is 32.6 Å². The summed E-state index contributed by atoms with van der Waals surface area (Å²) in [5, 5.41) is 0.428. The highest BCUT2D eigenvalue weighted by Gasteiger charge is 2.49. The fourth-order valence-corrected chi connectivity index (χ4v) is 6.80. The van der Waals surface area contributed by atoms with Gasteiger partial charge in [-0.05, 0) is 55.4 Å². The summed E-state index contributed by atoms with van der Waals surface area (Å²) in [6.07, 6.45) is 9.42. The van der Waals surface area contributed by atoms with Gasteiger partial charge in [0.25, 0.3) is 0 Å². The van der Waals surface area contributed by atoms with Gasteiger partial charge in [-0.1, -0.05) is 20.8 Å². The van der Waals surface area contributed by atoms with Gasteiger partial charge >= 0.3 is 0 Å². The lowest BCUT2D eigenvalue weighted by molar-refractivity contribution is -0.149. The van der Waals surface area contributed by atoms with E-state index in [-0.39, 0.29) is 11.7 Å². The second-order valence-electron chi connectivity index (χ2n) is 10.4. The van der Waals surface area contributed by atoms with Crippen molar-refractivity contribution in [2.45, 2.75) is 76.8 Å². The van der Waals surface area contributed by atoms with Crippen LogP contribution in [0, 0.1) is 23.6 Å². The van der Waals surface area contributed by atoms with Crippen LogP contribution in [0.1, 0.15) is 64.9 Å². The van der Waals surface area contributed by atoms with E-state index < -0.39 is 11.2 Å². The highest BCUT2D eigenvalue weighted by Crippen LogP contribution is 2.51. The molecule has 3 aliphatic rings. The van der Waals surface area contributed by atoms with E-state index in [2.05, 4.69) is 21.8 Å². The van der Waals surface area contributed by atoms with Crippen molar-refractivity contribution < 1.29 is 13.9 Å². The van der Waals surface area contributed by atoms with Crippen LogP contribution in [0.2, 0.25) is 0 Å². The number of likely N-dealkylation sites (tertiary alicyclic amines) is 1. The monoisotopic (exact) mass is 413 g/mol. The van der Waals surface area contributed by atoms with Gasteiger partial charge in [-0.15, -0.1) is 0 Å². The molecule has 1 N–H and O–H groups in total. The lowest BCUT2D eigenvalue weighted by atomic mass is 9.60. The first-order valence-corrected chi connectivity index (χ1v) is 11.3. The number of fused-ring (bicyclic) bond motifs is 3. The molecule has 6 heteroatoms. The summed E-state index contributed by atoms with van der Waals surface area (Å²) in [7, 11) is 1.44. The van der Waals surface area contributed by atoms with Crippen LogP contribution in [0.5, 0.6) is 5.75 Å². The Balaban J connectivity index is 1.44. The van der Waals surface area contributed by atoms with Crippen LogP contribution in [0.4, 0.5) is 4.39 Å². The van der Waals surface area contributed by atoms with E-state index in [4.69, 9.17) is 4.74 Å². The number of amides is 1. The molecule has 5 unspecified atom stereocenters. The maximum absolute atomic E-state index is 15.0. The minimum atomic E-state index is -0.515. The molecule has 1 saturated heterocycles. The zero-order valence-electron chi connectivity index (χ0n) is 18.4. The highest BCUT2D eigenvalue weighted by atomic mass is 19.1. The Hall–Kier alpha value is -2.11. The molecule has 3 bridgehead atoms. The summed E-state index contributed by atoms with van der Waals surface area (Å²) < 4.78 is 20.2. The van der Waals surface area contributed by atoms with Crippen molar-refractivity contribution in [3.05, 3.63) is 23.8 Å². The fourth-order valence-electron chi connectivity index (χ4n) is 6.80. The Morgan fingerprint density at radius 3 is 2.83 bits per heavy atom. The van der Waals surface area contributed by atoms with Gasteiger partial charge in [-0.25, -0.2) is 9.37 Å². The third kappa shape index (κ3) is 2.94. The third-order valence-electron chi connectivity index (χ3n) is 8.19. The summed E-state index contributed by atoms with van der Waals surface area (Å²) in [5.41, 5.74) is 0.757. The molecule has 0 aromatic carbocycles. The largest absolute Gasteiger partial charge is 0.492 e. The lowest BCUT2D eigenvalue weighted by Crippen LogP contribution is -2.60.